The van der Waals surface area contributed by atoms with Crippen molar-refractivity contribution in [1.29, 1.82) is 0 Å². The number of carbonyl (C=O) groups is 1. The lowest BCUT2D eigenvalue weighted by molar-refractivity contribution is -0.107. The molecule has 3 nitrogen and oxygen atoms in total. The van der Waals surface area contributed by atoms with Crippen molar-refractivity contribution < 1.29 is 9.90 Å². The second kappa shape index (κ2) is 5.94. The standard InChI is InChI=1S/C18H17NO2/c20-10-8-14-4-3-5-15(12-14)17-13-19(9-11-21)18-7-2-1-6-16(17)18/h1-7,10,12-13,21H,8-9,11H2. The highest BCUT2D eigenvalue weighted by Crippen LogP contribution is 2.31. The minimum Gasteiger partial charge on any atom is -0.395 e. The van der Waals surface area contributed by atoms with Crippen LogP contribution in [0.1, 0.15) is 5.56 Å². The van der Waals surface area contributed by atoms with Crippen molar-refractivity contribution >= 4 is 17.2 Å². The van der Waals surface area contributed by atoms with Gasteiger partial charge in [0.1, 0.15) is 6.29 Å². The Morgan fingerprint density at radius 2 is 1.95 bits per heavy atom. The molecule has 3 heteroatoms. The minimum atomic E-state index is 0.114. The van der Waals surface area contributed by atoms with Gasteiger partial charge in [0, 0.05) is 35.6 Å². The molecule has 0 atom stereocenters. The van der Waals surface area contributed by atoms with Crippen molar-refractivity contribution in [3.63, 3.8) is 0 Å². The van der Waals surface area contributed by atoms with Crippen LogP contribution in [-0.4, -0.2) is 22.6 Å². The Labute approximate surface area is 123 Å². The van der Waals surface area contributed by atoms with Crippen molar-refractivity contribution in [2.45, 2.75) is 13.0 Å². The zero-order chi connectivity index (χ0) is 14.7. The lowest BCUT2D eigenvalue weighted by Crippen LogP contribution is -1.99. The molecule has 1 N–H and O–H groups in total. The largest absolute Gasteiger partial charge is 0.395 e. The molecular weight excluding hydrogens is 262 g/mol. The second-order valence-electron chi connectivity index (χ2n) is 5.05. The van der Waals surface area contributed by atoms with Crippen LogP contribution in [0.2, 0.25) is 0 Å². The Hall–Kier alpha value is -2.39. The van der Waals surface area contributed by atoms with Gasteiger partial charge in [-0.25, -0.2) is 0 Å². The number of fused-ring (bicyclic) bond motifs is 1. The van der Waals surface area contributed by atoms with Crippen LogP contribution in [0.3, 0.4) is 0 Å². The summed E-state index contributed by atoms with van der Waals surface area (Å²) in [4.78, 5) is 10.7. The monoisotopic (exact) mass is 279 g/mol. The van der Waals surface area contributed by atoms with E-state index in [-0.39, 0.29) is 6.61 Å². The van der Waals surface area contributed by atoms with Gasteiger partial charge in [0.15, 0.2) is 0 Å². The van der Waals surface area contributed by atoms with E-state index in [1.54, 1.807) is 0 Å². The Balaban J connectivity index is 2.15. The molecule has 106 valence electrons. The number of carbonyl (C=O) groups excluding carboxylic acids is 1. The van der Waals surface area contributed by atoms with Crippen molar-refractivity contribution in [2.75, 3.05) is 6.61 Å². The third-order valence-corrected chi connectivity index (χ3v) is 3.69. The van der Waals surface area contributed by atoms with E-state index in [1.807, 2.05) is 24.3 Å². The van der Waals surface area contributed by atoms with E-state index in [4.69, 9.17) is 0 Å². The van der Waals surface area contributed by atoms with Gasteiger partial charge in [-0.15, -0.1) is 0 Å². The molecule has 0 aliphatic rings. The minimum absolute atomic E-state index is 0.114. The summed E-state index contributed by atoms with van der Waals surface area (Å²) >= 11 is 0. The number of para-hydroxylation sites is 1. The molecule has 0 amide bonds. The Morgan fingerprint density at radius 1 is 1.10 bits per heavy atom. The highest BCUT2D eigenvalue weighted by molar-refractivity contribution is 5.96. The molecule has 0 radical (unpaired) electrons. The first-order valence-electron chi connectivity index (χ1n) is 7.05. The fourth-order valence-corrected chi connectivity index (χ4v) is 2.73. The molecule has 0 aliphatic carbocycles. The molecule has 1 heterocycles. The van der Waals surface area contributed by atoms with Crippen LogP contribution in [0.25, 0.3) is 22.0 Å². The molecule has 2 aromatic carbocycles. The molecule has 0 bridgehead atoms. The van der Waals surface area contributed by atoms with Crippen molar-refractivity contribution in [1.82, 2.24) is 4.57 Å². The number of aliphatic hydroxyl groups excluding tert-OH is 1. The zero-order valence-electron chi connectivity index (χ0n) is 11.7. The normalized spacial score (nSPS) is 10.9. The van der Waals surface area contributed by atoms with Crippen LogP contribution in [-0.2, 0) is 17.8 Å². The maximum absolute atomic E-state index is 10.7. The average molecular weight is 279 g/mol. The fourth-order valence-electron chi connectivity index (χ4n) is 2.73. The first-order valence-corrected chi connectivity index (χ1v) is 7.05. The van der Waals surface area contributed by atoms with E-state index in [9.17, 15) is 9.90 Å². The van der Waals surface area contributed by atoms with E-state index < -0.39 is 0 Å². The van der Waals surface area contributed by atoms with Crippen LogP contribution in [0, 0.1) is 0 Å². The number of benzene rings is 2. The number of hydrogen-bond acceptors (Lipinski definition) is 2. The molecule has 0 aliphatic heterocycles. The molecule has 0 spiro atoms. The van der Waals surface area contributed by atoms with Crippen LogP contribution in [0.5, 0.6) is 0 Å². The van der Waals surface area contributed by atoms with Crippen LogP contribution in [0.15, 0.2) is 54.7 Å². The summed E-state index contributed by atoms with van der Waals surface area (Å²) in [7, 11) is 0. The summed E-state index contributed by atoms with van der Waals surface area (Å²) in [5, 5.41) is 10.4. The van der Waals surface area contributed by atoms with Gasteiger partial charge < -0.3 is 14.5 Å². The predicted octanol–water partition coefficient (Wildman–Crippen LogP) is 3.04. The van der Waals surface area contributed by atoms with Crippen LogP contribution < -0.4 is 0 Å². The number of hydrogen-bond donors (Lipinski definition) is 1. The van der Waals surface area contributed by atoms with Crippen LogP contribution in [0.4, 0.5) is 0 Å². The summed E-state index contributed by atoms with van der Waals surface area (Å²) in [5.41, 5.74) is 4.36. The summed E-state index contributed by atoms with van der Waals surface area (Å²) in [5.74, 6) is 0. The SMILES string of the molecule is O=CCc1cccc(-c2cn(CCO)c3ccccc23)c1. The predicted molar refractivity (Wildman–Crippen MR) is 84.2 cm³/mol. The van der Waals surface area contributed by atoms with Crippen molar-refractivity contribution in [2.24, 2.45) is 0 Å². The molecule has 21 heavy (non-hydrogen) atoms. The van der Waals surface area contributed by atoms with E-state index >= 15 is 0 Å². The van der Waals surface area contributed by atoms with Crippen LogP contribution >= 0.6 is 0 Å². The summed E-state index contributed by atoms with van der Waals surface area (Å²) in [6, 6.07) is 16.2. The molecule has 0 unspecified atom stereocenters. The summed E-state index contributed by atoms with van der Waals surface area (Å²) in [6.07, 6.45) is 3.43. The van der Waals surface area contributed by atoms with Gasteiger partial charge in [-0.1, -0.05) is 42.5 Å². The van der Waals surface area contributed by atoms with E-state index in [1.165, 1.54) is 0 Å². The molecule has 3 rings (SSSR count). The smallest absolute Gasteiger partial charge is 0.124 e. The molecule has 3 aromatic rings. The Morgan fingerprint density at radius 3 is 2.76 bits per heavy atom. The van der Waals surface area contributed by atoms with Gasteiger partial charge in [0.25, 0.3) is 0 Å². The van der Waals surface area contributed by atoms with Gasteiger partial charge in [-0.3, -0.25) is 0 Å². The van der Waals surface area contributed by atoms with Crippen molar-refractivity contribution in [3.05, 3.63) is 60.3 Å². The van der Waals surface area contributed by atoms with Gasteiger partial charge in [0.05, 0.1) is 6.61 Å². The lowest BCUT2D eigenvalue weighted by atomic mass is 10.0. The quantitative estimate of drug-likeness (QED) is 0.729. The summed E-state index contributed by atoms with van der Waals surface area (Å²) in [6.45, 7) is 0.692. The number of aliphatic hydroxyl groups is 1. The first kappa shape index (κ1) is 13.6. The zero-order valence-corrected chi connectivity index (χ0v) is 11.7. The molecule has 1 aromatic heterocycles. The molecule has 0 saturated carbocycles. The maximum atomic E-state index is 10.7. The number of rotatable bonds is 5. The van der Waals surface area contributed by atoms with Gasteiger partial charge in [0.2, 0.25) is 0 Å². The third-order valence-electron chi connectivity index (χ3n) is 3.69. The number of aromatic nitrogens is 1. The maximum Gasteiger partial charge on any atom is 0.124 e. The molecular formula is C18H17NO2. The van der Waals surface area contributed by atoms with Gasteiger partial charge in [-0.05, 0) is 17.2 Å². The average Bonchev–Trinajstić information content (AvgIpc) is 2.88. The summed E-state index contributed by atoms with van der Waals surface area (Å²) < 4.78 is 2.07. The second-order valence-corrected chi connectivity index (χ2v) is 5.05. The first-order chi connectivity index (χ1) is 10.3. The lowest BCUT2D eigenvalue weighted by Gasteiger charge is -2.02. The highest BCUT2D eigenvalue weighted by Gasteiger charge is 2.10. The van der Waals surface area contributed by atoms with E-state index in [2.05, 4.69) is 35.0 Å². The Bertz CT molecular complexity index is 774. The Kier molecular flexibility index (Phi) is 3.84. The van der Waals surface area contributed by atoms with Crippen molar-refractivity contribution in [3.8, 4) is 11.1 Å². The van der Waals surface area contributed by atoms with E-state index in [0.29, 0.717) is 13.0 Å². The molecule has 0 fully saturated rings. The fraction of sp³-hybridized carbons (Fsp3) is 0.167. The van der Waals surface area contributed by atoms with Gasteiger partial charge in [-0.2, -0.15) is 0 Å². The van der Waals surface area contributed by atoms with E-state index in [0.717, 1.165) is 33.9 Å². The third kappa shape index (κ3) is 2.60. The number of aldehydes is 1. The molecule has 0 saturated heterocycles. The topological polar surface area (TPSA) is 42.2 Å². The number of nitrogens with zero attached hydrogens (tertiary/aromatic N) is 1. The van der Waals surface area contributed by atoms with Gasteiger partial charge >= 0.3 is 0 Å². The highest BCUT2D eigenvalue weighted by atomic mass is 16.3.